The summed E-state index contributed by atoms with van der Waals surface area (Å²) in [5.74, 6) is 0.0986. The van der Waals surface area contributed by atoms with E-state index in [1.807, 2.05) is 19.1 Å². The minimum Gasteiger partial charge on any atom is -0.384 e. The van der Waals surface area contributed by atoms with Crippen molar-refractivity contribution in [2.45, 2.75) is 20.3 Å². The molecule has 0 saturated carbocycles. The van der Waals surface area contributed by atoms with Gasteiger partial charge in [-0.05, 0) is 13.0 Å². The van der Waals surface area contributed by atoms with Gasteiger partial charge in [-0.15, -0.1) is 0 Å². The number of fused-ring (bicyclic) bond motifs is 1. The number of carbonyl (C=O) groups excluding carboxylic acids is 1. The van der Waals surface area contributed by atoms with E-state index in [4.69, 9.17) is 0 Å². The van der Waals surface area contributed by atoms with Crippen molar-refractivity contribution in [3.05, 3.63) is 35.7 Å². The molecule has 0 aromatic rings. The quantitative estimate of drug-likeness (QED) is 0.679. The van der Waals surface area contributed by atoms with Crippen molar-refractivity contribution in [3.8, 4) is 0 Å². The predicted octanol–water partition coefficient (Wildman–Crippen LogP) is 1.46. The Bertz CT molecular complexity index is 392. The van der Waals surface area contributed by atoms with Crippen LogP contribution in [0.4, 0.5) is 0 Å². The van der Waals surface area contributed by atoms with Gasteiger partial charge in [0, 0.05) is 35.3 Å². The molecule has 0 bridgehead atoms. The molecule has 2 aliphatic heterocycles. The minimum absolute atomic E-state index is 0.0757. The monoisotopic (exact) mass is 204 g/mol. The standard InChI is InChI=1S/C12H16N2O/c1-4-8-11-9(5-2)14-10(15)6-12(11,3)7-13-8/h4-5,13H,1,6-7H2,2-3H3,(H,14,15)/b9-5+. The highest BCUT2D eigenvalue weighted by Crippen LogP contribution is 2.43. The summed E-state index contributed by atoms with van der Waals surface area (Å²) in [4.78, 5) is 11.5. The maximum absolute atomic E-state index is 11.5. The van der Waals surface area contributed by atoms with Crippen molar-refractivity contribution < 1.29 is 4.79 Å². The Labute approximate surface area is 89.9 Å². The molecule has 0 aromatic heterocycles. The van der Waals surface area contributed by atoms with E-state index in [0.717, 1.165) is 17.9 Å². The summed E-state index contributed by atoms with van der Waals surface area (Å²) >= 11 is 0. The van der Waals surface area contributed by atoms with E-state index in [-0.39, 0.29) is 11.3 Å². The third-order valence-electron chi connectivity index (χ3n) is 3.13. The SMILES string of the molecule is C=CC1=C2/C(=C\C)NC(=O)CC2(C)CN1. The lowest BCUT2D eigenvalue weighted by molar-refractivity contribution is -0.122. The number of piperidine rings is 1. The van der Waals surface area contributed by atoms with Crippen LogP contribution in [0.1, 0.15) is 20.3 Å². The molecular weight excluding hydrogens is 188 g/mol. The van der Waals surface area contributed by atoms with Gasteiger partial charge >= 0.3 is 0 Å². The molecule has 1 amide bonds. The Morgan fingerprint density at radius 2 is 2.27 bits per heavy atom. The van der Waals surface area contributed by atoms with Gasteiger partial charge in [0.25, 0.3) is 0 Å². The molecule has 2 aliphatic rings. The fourth-order valence-corrected chi connectivity index (χ4v) is 2.42. The summed E-state index contributed by atoms with van der Waals surface area (Å²) in [6.45, 7) is 8.66. The number of nitrogens with one attached hydrogen (secondary N) is 2. The summed E-state index contributed by atoms with van der Waals surface area (Å²) in [6.07, 6.45) is 4.31. The average molecular weight is 204 g/mol. The maximum atomic E-state index is 11.5. The largest absolute Gasteiger partial charge is 0.384 e. The predicted molar refractivity (Wildman–Crippen MR) is 59.8 cm³/mol. The second kappa shape index (κ2) is 3.26. The van der Waals surface area contributed by atoms with Gasteiger partial charge in [-0.1, -0.05) is 19.6 Å². The first kappa shape index (κ1) is 10.0. The van der Waals surface area contributed by atoms with Crippen molar-refractivity contribution >= 4 is 5.91 Å². The van der Waals surface area contributed by atoms with Crippen molar-refractivity contribution in [1.29, 1.82) is 0 Å². The summed E-state index contributed by atoms with van der Waals surface area (Å²) < 4.78 is 0. The normalized spacial score (nSPS) is 32.4. The van der Waals surface area contributed by atoms with Gasteiger partial charge in [0.15, 0.2) is 0 Å². The number of allylic oxidation sites excluding steroid dienone is 3. The molecule has 80 valence electrons. The molecule has 1 atom stereocenters. The third-order valence-corrected chi connectivity index (χ3v) is 3.13. The third kappa shape index (κ3) is 1.39. The van der Waals surface area contributed by atoms with Crippen molar-refractivity contribution in [3.63, 3.8) is 0 Å². The van der Waals surface area contributed by atoms with Crippen LogP contribution in [0.3, 0.4) is 0 Å². The first-order valence-corrected chi connectivity index (χ1v) is 5.18. The Morgan fingerprint density at radius 3 is 2.87 bits per heavy atom. The fourth-order valence-electron chi connectivity index (χ4n) is 2.42. The highest BCUT2D eigenvalue weighted by atomic mass is 16.1. The van der Waals surface area contributed by atoms with Crippen LogP contribution in [-0.4, -0.2) is 12.5 Å². The van der Waals surface area contributed by atoms with Crippen molar-refractivity contribution in [2.24, 2.45) is 5.41 Å². The van der Waals surface area contributed by atoms with Gasteiger partial charge in [-0.3, -0.25) is 4.79 Å². The second-order valence-corrected chi connectivity index (χ2v) is 4.33. The van der Waals surface area contributed by atoms with E-state index in [1.54, 1.807) is 0 Å². The first-order chi connectivity index (χ1) is 7.10. The lowest BCUT2D eigenvalue weighted by atomic mass is 9.76. The topological polar surface area (TPSA) is 41.1 Å². The van der Waals surface area contributed by atoms with E-state index in [0.29, 0.717) is 6.42 Å². The molecule has 2 rings (SSSR count). The number of carbonyl (C=O) groups is 1. The zero-order valence-electron chi connectivity index (χ0n) is 9.18. The van der Waals surface area contributed by atoms with E-state index in [9.17, 15) is 4.79 Å². The molecule has 1 fully saturated rings. The lowest BCUT2D eigenvalue weighted by Crippen LogP contribution is -2.40. The fraction of sp³-hybridized carbons (Fsp3) is 0.417. The first-order valence-electron chi connectivity index (χ1n) is 5.18. The Hall–Kier alpha value is -1.51. The Morgan fingerprint density at radius 1 is 1.53 bits per heavy atom. The molecule has 1 unspecified atom stereocenters. The van der Waals surface area contributed by atoms with Gasteiger partial charge < -0.3 is 10.6 Å². The number of hydrogen-bond donors (Lipinski definition) is 2. The highest BCUT2D eigenvalue weighted by Gasteiger charge is 2.43. The van der Waals surface area contributed by atoms with Crippen molar-refractivity contribution in [2.75, 3.05) is 6.54 Å². The van der Waals surface area contributed by atoms with Gasteiger partial charge in [-0.2, -0.15) is 0 Å². The van der Waals surface area contributed by atoms with Crippen LogP contribution in [0.15, 0.2) is 35.7 Å². The Kier molecular flexibility index (Phi) is 2.18. The molecule has 3 heteroatoms. The average Bonchev–Trinajstić information content (AvgIpc) is 2.53. The summed E-state index contributed by atoms with van der Waals surface area (Å²) in [6, 6.07) is 0. The van der Waals surface area contributed by atoms with Gasteiger partial charge in [0.05, 0.1) is 0 Å². The van der Waals surface area contributed by atoms with Crippen molar-refractivity contribution in [1.82, 2.24) is 10.6 Å². The van der Waals surface area contributed by atoms with E-state index < -0.39 is 0 Å². The van der Waals surface area contributed by atoms with Crippen LogP contribution < -0.4 is 10.6 Å². The van der Waals surface area contributed by atoms with Crippen LogP contribution >= 0.6 is 0 Å². The van der Waals surface area contributed by atoms with Gasteiger partial charge in [0.1, 0.15) is 0 Å². The number of rotatable bonds is 1. The smallest absolute Gasteiger partial charge is 0.225 e. The minimum atomic E-state index is -0.0757. The van der Waals surface area contributed by atoms with Crippen LogP contribution in [0, 0.1) is 5.41 Å². The van der Waals surface area contributed by atoms with Crippen LogP contribution in [0.2, 0.25) is 0 Å². The van der Waals surface area contributed by atoms with E-state index in [2.05, 4.69) is 24.1 Å². The zero-order valence-corrected chi connectivity index (χ0v) is 9.18. The molecule has 0 spiro atoms. The summed E-state index contributed by atoms with van der Waals surface area (Å²) in [5.41, 5.74) is 3.09. The van der Waals surface area contributed by atoms with E-state index >= 15 is 0 Å². The molecule has 15 heavy (non-hydrogen) atoms. The lowest BCUT2D eigenvalue weighted by Gasteiger charge is -2.33. The second-order valence-electron chi connectivity index (χ2n) is 4.33. The molecule has 3 nitrogen and oxygen atoms in total. The van der Waals surface area contributed by atoms with Crippen LogP contribution in [-0.2, 0) is 4.79 Å². The molecular formula is C12H16N2O. The van der Waals surface area contributed by atoms with E-state index in [1.165, 1.54) is 5.57 Å². The van der Waals surface area contributed by atoms with Gasteiger partial charge in [-0.25, -0.2) is 0 Å². The number of amides is 1. The van der Waals surface area contributed by atoms with Crippen LogP contribution in [0.25, 0.3) is 0 Å². The Balaban J connectivity index is 2.53. The van der Waals surface area contributed by atoms with Gasteiger partial charge in [0.2, 0.25) is 5.91 Å². The molecule has 0 aliphatic carbocycles. The molecule has 1 saturated heterocycles. The highest BCUT2D eigenvalue weighted by molar-refractivity contribution is 5.83. The summed E-state index contributed by atoms with van der Waals surface area (Å²) in [5, 5.41) is 6.21. The van der Waals surface area contributed by atoms with Crippen LogP contribution in [0.5, 0.6) is 0 Å². The number of hydrogen-bond acceptors (Lipinski definition) is 2. The molecule has 2 N–H and O–H groups in total. The summed E-state index contributed by atoms with van der Waals surface area (Å²) in [7, 11) is 0. The molecule has 2 heterocycles. The molecule has 0 aromatic carbocycles. The maximum Gasteiger partial charge on any atom is 0.225 e. The molecule has 0 radical (unpaired) electrons. The zero-order chi connectivity index (χ0) is 11.1.